The van der Waals surface area contributed by atoms with Gasteiger partial charge in [0.2, 0.25) is 11.2 Å². The lowest BCUT2D eigenvalue weighted by atomic mass is 9.67. The van der Waals surface area contributed by atoms with Crippen molar-refractivity contribution in [1.82, 2.24) is 0 Å². The summed E-state index contributed by atoms with van der Waals surface area (Å²) in [6, 6.07) is 0. The Kier molecular flexibility index (Phi) is 2.43. The molecule has 3 aliphatic rings. The maximum absolute atomic E-state index is 12.1. The third-order valence-corrected chi connectivity index (χ3v) is 4.80. The number of carbonyl (C=O) groups excluding carboxylic acids is 1. The molecular formula is C12H18O7. The fourth-order valence-electron chi connectivity index (χ4n) is 3.86. The molecule has 0 amide bonds. The van der Waals surface area contributed by atoms with E-state index in [0.717, 1.165) is 0 Å². The molecule has 3 saturated heterocycles. The van der Waals surface area contributed by atoms with Gasteiger partial charge in [-0.15, -0.1) is 0 Å². The second-order valence-electron chi connectivity index (χ2n) is 5.79. The number of carbonyl (C=O) groups is 1. The van der Waals surface area contributed by atoms with E-state index in [1.54, 1.807) is 20.8 Å². The molecule has 0 radical (unpaired) electrons. The summed E-state index contributed by atoms with van der Waals surface area (Å²) >= 11 is 0. The van der Waals surface area contributed by atoms with Crippen LogP contribution in [0, 0.1) is 5.92 Å². The fraction of sp³-hybridized carbons (Fsp3) is 0.917. The first kappa shape index (κ1) is 13.3. The lowest BCUT2D eigenvalue weighted by Crippen LogP contribution is -2.67. The molecule has 3 fully saturated rings. The number of aliphatic hydroxyl groups excluding tert-OH is 1. The lowest BCUT2D eigenvalue weighted by molar-refractivity contribution is -0.180. The van der Waals surface area contributed by atoms with Gasteiger partial charge in [-0.1, -0.05) is 13.8 Å². The summed E-state index contributed by atoms with van der Waals surface area (Å²) in [7, 11) is 0. The predicted molar refractivity (Wildman–Crippen MR) is 59.9 cm³/mol. The van der Waals surface area contributed by atoms with E-state index in [-0.39, 0.29) is 5.92 Å². The Bertz CT molecular complexity index is 438. The van der Waals surface area contributed by atoms with Crippen molar-refractivity contribution in [1.29, 1.82) is 0 Å². The van der Waals surface area contributed by atoms with Crippen LogP contribution >= 0.6 is 0 Å². The van der Waals surface area contributed by atoms with Gasteiger partial charge >= 0.3 is 5.97 Å². The van der Waals surface area contributed by atoms with Crippen molar-refractivity contribution >= 4 is 5.97 Å². The van der Waals surface area contributed by atoms with Gasteiger partial charge in [0.15, 0.2) is 11.9 Å². The Labute approximate surface area is 110 Å². The molecule has 7 heteroatoms. The van der Waals surface area contributed by atoms with Crippen molar-refractivity contribution in [2.24, 2.45) is 5.92 Å². The van der Waals surface area contributed by atoms with Crippen LogP contribution in [-0.2, 0) is 19.0 Å². The quantitative estimate of drug-likeness (QED) is 0.528. The van der Waals surface area contributed by atoms with Gasteiger partial charge in [-0.25, -0.2) is 4.79 Å². The average Bonchev–Trinajstić information content (AvgIpc) is 2.78. The molecule has 108 valence electrons. The molecule has 6 atom stereocenters. The minimum atomic E-state index is -2.30. The highest BCUT2D eigenvalue weighted by Gasteiger charge is 2.89. The van der Waals surface area contributed by atoms with Gasteiger partial charge in [0, 0.05) is 0 Å². The fourth-order valence-corrected chi connectivity index (χ4v) is 3.86. The molecule has 3 heterocycles. The highest BCUT2D eigenvalue weighted by molar-refractivity contribution is 5.87. The minimum absolute atomic E-state index is 0.295. The zero-order chi connectivity index (χ0) is 14.2. The van der Waals surface area contributed by atoms with Gasteiger partial charge in [0.05, 0.1) is 6.61 Å². The van der Waals surface area contributed by atoms with Crippen LogP contribution in [0.1, 0.15) is 20.8 Å². The molecule has 0 aliphatic carbocycles. The zero-order valence-electron chi connectivity index (χ0n) is 11.0. The third kappa shape index (κ3) is 1.04. The SMILES string of the molecule is CC(C)C12OC(=O)C3(O)C(CO)OC(OC1C)C32O. The summed E-state index contributed by atoms with van der Waals surface area (Å²) < 4.78 is 16.2. The standard InChI is InChI=1S/C12H18O7/c1-5(2)11-6(3)17-9-12(11,16)10(15,8(14)19-11)7(4-13)18-9/h5-7,9,13,15-16H,4H2,1-3H3. The van der Waals surface area contributed by atoms with Crippen molar-refractivity contribution in [3.8, 4) is 0 Å². The van der Waals surface area contributed by atoms with Crippen molar-refractivity contribution < 1.29 is 34.3 Å². The van der Waals surface area contributed by atoms with E-state index >= 15 is 0 Å². The lowest BCUT2D eigenvalue weighted by Gasteiger charge is -2.39. The van der Waals surface area contributed by atoms with Gasteiger partial charge in [0.25, 0.3) is 0 Å². The first-order valence-corrected chi connectivity index (χ1v) is 6.36. The van der Waals surface area contributed by atoms with E-state index in [2.05, 4.69) is 0 Å². The summed E-state index contributed by atoms with van der Waals surface area (Å²) in [5, 5.41) is 30.9. The number of ether oxygens (including phenoxy) is 3. The first-order valence-electron chi connectivity index (χ1n) is 6.36. The van der Waals surface area contributed by atoms with Crippen LogP contribution in [0.5, 0.6) is 0 Å². The van der Waals surface area contributed by atoms with Crippen LogP contribution in [0.4, 0.5) is 0 Å². The number of hydrogen-bond acceptors (Lipinski definition) is 7. The zero-order valence-corrected chi connectivity index (χ0v) is 11.0. The summed E-state index contributed by atoms with van der Waals surface area (Å²) in [4.78, 5) is 12.1. The second-order valence-corrected chi connectivity index (χ2v) is 5.79. The molecule has 19 heavy (non-hydrogen) atoms. The summed E-state index contributed by atoms with van der Waals surface area (Å²) in [6.07, 6.45) is -3.08. The van der Waals surface area contributed by atoms with Crippen LogP contribution in [0.3, 0.4) is 0 Å². The Hall–Kier alpha value is -0.730. The van der Waals surface area contributed by atoms with Gasteiger partial charge in [0.1, 0.15) is 12.2 Å². The molecule has 0 saturated carbocycles. The molecule has 3 N–H and O–H groups in total. The Morgan fingerprint density at radius 2 is 1.95 bits per heavy atom. The van der Waals surface area contributed by atoms with Crippen molar-refractivity contribution in [2.45, 2.75) is 56.1 Å². The molecule has 0 spiro atoms. The minimum Gasteiger partial charge on any atom is -0.450 e. The molecule has 3 rings (SSSR count). The third-order valence-electron chi connectivity index (χ3n) is 4.80. The maximum atomic E-state index is 12.1. The van der Waals surface area contributed by atoms with Crippen molar-refractivity contribution in [3.05, 3.63) is 0 Å². The highest BCUT2D eigenvalue weighted by atomic mass is 16.8. The maximum Gasteiger partial charge on any atom is 0.345 e. The summed E-state index contributed by atoms with van der Waals surface area (Å²) in [5.41, 5.74) is -5.70. The normalized spacial score (nSPS) is 55.7. The van der Waals surface area contributed by atoms with Crippen molar-refractivity contribution in [2.75, 3.05) is 6.61 Å². The number of hydrogen-bond donors (Lipinski definition) is 3. The van der Waals surface area contributed by atoms with E-state index in [1.807, 2.05) is 0 Å². The Balaban J connectivity index is 2.23. The van der Waals surface area contributed by atoms with E-state index in [1.165, 1.54) is 0 Å². The van der Waals surface area contributed by atoms with E-state index in [4.69, 9.17) is 14.2 Å². The molecule has 7 nitrogen and oxygen atoms in total. The smallest absolute Gasteiger partial charge is 0.345 e. The van der Waals surface area contributed by atoms with Gasteiger partial charge in [-0.2, -0.15) is 0 Å². The second kappa shape index (κ2) is 3.48. The topological polar surface area (TPSA) is 105 Å². The van der Waals surface area contributed by atoms with Crippen LogP contribution in [0.15, 0.2) is 0 Å². The number of rotatable bonds is 2. The number of esters is 1. The van der Waals surface area contributed by atoms with Crippen LogP contribution in [0.2, 0.25) is 0 Å². The molecule has 3 aliphatic heterocycles. The molecule has 0 bridgehead atoms. The predicted octanol–water partition coefficient (Wildman–Crippen LogP) is -1.46. The molecule has 0 aromatic rings. The van der Waals surface area contributed by atoms with E-state index in [9.17, 15) is 20.1 Å². The molecule has 6 unspecified atom stereocenters. The van der Waals surface area contributed by atoms with Crippen molar-refractivity contribution in [3.63, 3.8) is 0 Å². The van der Waals surface area contributed by atoms with E-state index in [0.29, 0.717) is 0 Å². The average molecular weight is 274 g/mol. The van der Waals surface area contributed by atoms with Crippen LogP contribution in [0.25, 0.3) is 0 Å². The van der Waals surface area contributed by atoms with Gasteiger partial charge < -0.3 is 29.5 Å². The van der Waals surface area contributed by atoms with E-state index < -0.39 is 47.9 Å². The Morgan fingerprint density at radius 1 is 1.32 bits per heavy atom. The highest BCUT2D eigenvalue weighted by Crippen LogP contribution is 2.62. The van der Waals surface area contributed by atoms with Crippen LogP contribution < -0.4 is 0 Å². The van der Waals surface area contributed by atoms with Gasteiger partial charge in [-0.3, -0.25) is 0 Å². The summed E-state index contributed by atoms with van der Waals surface area (Å²) in [6.45, 7) is 4.58. The first-order chi connectivity index (χ1) is 8.76. The monoisotopic (exact) mass is 274 g/mol. The largest absolute Gasteiger partial charge is 0.450 e. The molecule has 0 aromatic heterocycles. The van der Waals surface area contributed by atoms with Gasteiger partial charge in [-0.05, 0) is 12.8 Å². The molecule has 0 aromatic carbocycles. The molecular weight excluding hydrogens is 256 g/mol. The summed E-state index contributed by atoms with van der Waals surface area (Å²) in [5.74, 6) is -1.27. The Morgan fingerprint density at radius 3 is 2.47 bits per heavy atom. The van der Waals surface area contributed by atoms with Crippen LogP contribution in [-0.4, -0.2) is 63.2 Å². The number of aliphatic hydroxyl groups is 3.